The number of ether oxygens (including phenoxy) is 2. The molecule has 2 aliphatic rings. The summed E-state index contributed by atoms with van der Waals surface area (Å²) in [4.78, 5) is 22.4. The van der Waals surface area contributed by atoms with E-state index in [9.17, 15) is 9.59 Å². The van der Waals surface area contributed by atoms with E-state index >= 15 is 0 Å². The maximum atomic E-state index is 11.2. The van der Waals surface area contributed by atoms with Gasteiger partial charge < -0.3 is 14.3 Å². The number of hydrogen-bond acceptors (Lipinski definition) is 4. The summed E-state index contributed by atoms with van der Waals surface area (Å²) in [5.74, 6) is 1.67. The second-order valence-electron chi connectivity index (χ2n) is 5.97. The minimum absolute atomic E-state index is 0.0575. The van der Waals surface area contributed by atoms with Gasteiger partial charge in [-0.2, -0.15) is 0 Å². The molecule has 4 heteroatoms. The Morgan fingerprint density at radius 1 is 1.33 bits per heavy atom. The number of rotatable bonds is 4. The van der Waals surface area contributed by atoms with Crippen molar-refractivity contribution in [3.8, 4) is 5.75 Å². The molecule has 0 N–H and O–H groups in total. The summed E-state index contributed by atoms with van der Waals surface area (Å²) in [6.07, 6.45) is 5.14. The van der Waals surface area contributed by atoms with Gasteiger partial charge in [-0.25, -0.2) is 4.79 Å². The average molecular weight is 288 g/mol. The normalized spacial score (nSPS) is 26.6. The van der Waals surface area contributed by atoms with E-state index in [-0.39, 0.29) is 18.5 Å². The van der Waals surface area contributed by atoms with Crippen LogP contribution >= 0.6 is 0 Å². The topological polar surface area (TPSA) is 52.6 Å². The van der Waals surface area contributed by atoms with Gasteiger partial charge in [0.25, 0.3) is 0 Å². The Bertz CT molecular complexity index is 552. The van der Waals surface area contributed by atoms with Crippen LogP contribution in [0.5, 0.6) is 5.75 Å². The lowest BCUT2D eigenvalue weighted by molar-refractivity contribution is -0.142. The molecule has 3 rings (SSSR count). The zero-order chi connectivity index (χ0) is 14.8. The molecule has 0 amide bonds. The van der Waals surface area contributed by atoms with E-state index in [2.05, 4.69) is 10.8 Å². The Labute approximate surface area is 124 Å². The van der Waals surface area contributed by atoms with E-state index in [1.807, 2.05) is 12.1 Å². The smallest absolute Gasteiger partial charge is 0.343 e. The number of esters is 1. The van der Waals surface area contributed by atoms with Crippen LogP contribution in [-0.2, 0) is 27.2 Å². The van der Waals surface area contributed by atoms with Crippen LogP contribution in [-0.4, -0.2) is 26.0 Å². The molecule has 0 bridgehead atoms. The van der Waals surface area contributed by atoms with Crippen molar-refractivity contribution in [2.45, 2.75) is 25.7 Å². The van der Waals surface area contributed by atoms with Gasteiger partial charge in [0.15, 0.2) is 6.61 Å². The number of benzene rings is 1. The number of hydrogen-bond donors (Lipinski definition) is 0. The van der Waals surface area contributed by atoms with Crippen molar-refractivity contribution in [2.75, 3.05) is 13.7 Å². The predicted octanol–water partition coefficient (Wildman–Crippen LogP) is 2.18. The lowest BCUT2D eigenvalue weighted by Crippen LogP contribution is -2.26. The van der Waals surface area contributed by atoms with Crippen molar-refractivity contribution >= 4 is 12.3 Å². The molecule has 1 aromatic rings. The van der Waals surface area contributed by atoms with Gasteiger partial charge in [-0.1, -0.05) is 12.1 Å². The third kappa shape index (κ3) is 2.67. The van der Waals surface area contributed by atoms with Crippen molar-refractivity contribution in [1.29, 1.82) is 0 Å². The molecule has 3 atom stereocenters. The molecule has 1 fully saturated rings. The molecule has 0 radical (unpaired) electrons. The average Bonchev–Trinajstić information content (AvgIpc) is 2.92. The van der Waals surface area contributed by atoms with Gasteiger partial charge in [0, 0.05) is 5.92 Å². The molecular formula is C17H20O4. The van der Waals surface area contributed by atoms with Gasteiger partial charge in [-0.05, 0) is 54.7 Å². The summed E-state index contributed by atoms with van der Waals surface area (Å²) < 4.78 is 10.2. The standard InChI is InChI=1S/C17H20O4/c1-20-17(19)10-21-16-4-2-3-11-7-14-12(8-15(11)16)5-6-13(14)9-18/h2-4,9,12-14H,5-8,10H2,1H3/t12-,13-,14+/m1/s1. The fraction of sp³-hybridized carbons (Fsp3) is 0.529. The van der Waals surface area contributed by atoms with Crippen LogP contribution < -0.4 is 4.74 Å². The molecule has 0 spiro atoms. The van der Waals surface area contributed by atoms with Crippen molar-refractivity contribution in [3.05, 3.63) is 29.3 Å². The van der Waals surface area contributed by atoms with E-state index in [0.717, 1.165) is 37.7 Å². The van der Waals surface area contributed by atoms with E-state index in [1.54, 1.807) is 0 Å². The molecule has 0 saturated heterocycles. The summed E-state index contributed by atoms with van der Waals surface area (Å²) in [6.45, 7) is -0.0575. The molecule has 1 saturated carbocycles. The molecule has 112 valence electrons. The lowest BCUT2D eigenvalue weighted by Gasteiger charge is -2.30. The molecule has 0 heterocycles. The molecule has 2 aliphatic carbocycles. The van der Waals surface area contributed by atoms with Crippen LogP contribution in [0.25, 0.3) is 0 Å². The van der Waals surface area contributed by atoms with Gasteiger partial charge in [-0.3, -0.25) is 0 Å². The first-order valence-corrected chi connectivity index (χ1v) is 7.48. The minimum Gasteiger partial charge on any atom is -0.482 e. The second-order valence-corrected chi connectivity index (χ2v) is 5.97. The van der Waals surface area contributed by atoms with E-state index in [0.29, 0.717) is 11.8 Å². The number of carbonyl (C=O) groups is 2. The van der Waals surface area contributed by atoms with Gasteiger partial charge in [0.2, 0.25) is 0 Å². The summed E-state index contributed by atoms with van der Waals surface area (Å²) in [6, 6.07) is 5.97. The largest absolute Gasteiger partial charge is 0.482 e. The SMILES string of the molecule is COC(=O)COc1cccc2c1C[C@H]1CC[C@H](C=O)[C@H]1C2. The van der Waals surface area contributed by atoms with Gasteiger partial charge >= 0.3 is 5.97 Å². The molecule has 21 heavy (non-hydrogen) atoms. The summed E-state index contributed by atoms with van der Waals surface area (Å²) in [7, 11) is 1.36. The van der Waals surface area contributed by atoms with Crippen LogP contribution in [0.3, 0.4) is 0 Å². The highest BCUT2D eigenvalue weighted by molar-refractivity contribution is 5.71. The van der Waals surface area contributed by atoms with Gasteiger partial charge in [0.1, 0.15) is 12.0 Å². The zero-order valence-corrected chi connectivity index (χ0v) is 12.2. The Balaban J connectivity index is 1.80. The lowest BCUT2D eigenvalue weighted by atomic mass is 9.75. The van der Waals surface area contributed by atoms with Crippen LogP contribution in [0.4, 0.5) is 0 Å². The van der Waals surface area contributed by atoms with Crippen LogP contribution in [0.1, 0.15) is 24.0 Å². The Morgan fingerprint density at radius 2 is 2.19 bits per heavy atom. The van der Waals surface area contributed by atoms with Crippen molar-refractivity contribution in [1.82, 2.24) is 0 Å². The summed E-state index contributed by atoms with van der Waals surface area (Å²) >= 11 is 0. The molecule has 0 unspecified atom stereocenters. The van der Waals surface area contributed by atoms with Crippen molar-refractivity contribution < 1.29 is 19.1 Å². The van der Waals surface area contributed by atoms with Gasteiger partial charge in [-0.15, -0.1) is 0 Å². The number of carbonyl (C=O) groups excluding carboxylic acids is 2. The Morgan fingerprint density at radius 3 is 2.95 bits per heavy atom. The van der Waals surface area contributed by atoms with Crippen LogP contribution in [0.15, 0.2) is 18.2 Å². The maximum Gasteiger partial charge on any atom is 0.343 e. The zero-order valence-electron chi connectivity index (χ0n) is 12.2. The highest BCUT2D eigenvalue weighted by Gasteiger charge is 2.39. The highest BCUT2D eigenvalue weighted by atomic mass is 16.6. The van der Waals surface area contributed by atoms with Crippen molar-refractivity contribution in [3.63, 3.8) is 0 Å². The number of aldehydes is 1. The Kier molecular flexibility index (Phi) is 3.95. The second kappa shape index (κ2) is 5.88. The first kappa shape index (κ1) is 14.1. The third-order valence-electron chi connectivity index (χ3n) is 4.93. The highest BCUT2D eigenvalue weighted by Crippen LogP contribution is 2.45. The molecule has 0 aliphatic heterocycles. The predicted molar refractivity (Wildman–Crippen MR) is 77.1 cm³/mol. The first-order valence-electron chi connectivity index (χ1n) is 7.48. The maximum absolute atomic E-state index is 11.2. The molecule has 1 aromatic carbocycles. The summed E-state index contributed by atoms with van der Waals surface area (Å²) in [5, 5.41) is 0. The van der Waals surface area contributed by atoms with E-state index in [1.165, 1.54) is 18.2 Å². The van der Waals surface area contributed by atoms with E-state index < -0.39 is 0 Å². The van der Waals surface area contributed by atoms with Crippen molar-refractivity contribution in [2.24, 2.45) is 17.8 Å². The monoisotopic (exact) mass is 288 g/mol. The number of fused-ring (bicyclic) bond motifs is 2. The van der Waals surface area contributed by atoms with Crippen LogP contribution in [0.2, 0.25) is 0 Å². The fourth-order valence-electron chi connectivity index (χ4n) is 3.81. The van der Waals surface area contributed by atoms with E-state index in [4.69, 9.17) is 4.74 Å². The van der Waals surface area contributed by atoms with Crippen LogP contribution in [0, 0.1) is 17.8 Å². The number of methoxy groups -OCH3 is 1. The Hall–Kier alpha value is -1.84. The molecule has 4 nitrogen and oxygen atoms in total. The summed E-state index contributed by atoms with van der Waals surface area (Å²) in [5.41, 5.74) is 2.46. The molecule has 0 aromatic heterocycles. The fourth-order valence-corrected chi connectivity index (χ4v) is 3.81. The molecular weight excluding hydrogens is 268 g/mol. The first-order chi connectivity index (χ1) is 10.2. The minimum atomic E-state index is -0.372. The quantitative estimate of drug-likeness (QED) is 0.629. The third-order valence-corrected chi connectivity index (χ3v) is 4.93. The van der Waals surface area contributed by atoms with Gasteiger partial charge in [0.05, 0.1) is 7.11 Å².